The molecule has 0 unspecified atom stereocenters. The first-order chi connectivity index (χ1) is 5.65. The van der Waals surface area contributed by atoms with Crippen molar-refractivity contribution in [1.82, 2.24) is 4.98 Å². The molecule has 0 aliphatic rings. The molecule has 1 aromatic rings. The molecule has 1 heterocycles. The Morgan fingerprint density at radius 3 is 2.67 bits per heavy atom. The van der Waals surface area contributed by atoms with Gasteiger partial charge in [-0.2, -0.15) is 0 Å². The van der Waals surface area contributed by atoms with Crippen molar-refractivity contribution in [1.29, 1.82) is 0 Å². The Labute approximate surface area is 66.7 Å². The quantitative estimate of drug-likeness (QED) is 0.690. The maximum Gasteiger partial charge on any atom is 0.280 e. The van der Waals surface area contributed by atoms with Crippen LogP contribution in [-0.2, 0) is 0 Å². The molecular weight excluding hydrogens is 168 g/mol. The summed E-state index contributed by atoms with van der Waals surface area (Å²) in [7, 11) is 0. The third kappa shape index (κ3) is 1.55. The fraction of sp³-hybridized carbons (Fsp3) is 0.143. The molecule has 5 heteroatoms. The van der Waals surface area contributed by atoms with Gasteiger partial charge in [0, 0.05) is 0 Å². The Bertz CT molecular complexity index is 301. The summed E-state index contributed by atoms with van der Waals surface area (Å²) in [5, 5.41) is 8.88. The Balaban J connectivity index is 3.13. The van der Waals surface area contributed by atoms with Crippen LogP contribution in [0.25, 0.3) is 0 Å². The van der Waals surface area contributed by atoms with Crippen molar-refractivity contribution < 1.29 is 18.7 Å². The largest absolute Gasteiger partial charge is 0.506 e. The van der Waals surface area contributed by atoms with Crippen LogP contribution in [0.2, 0.25) is 0 Å². The summed E-state index contributed by atoms with van der Waals surface area (Å²) in [6.07, 6.45) is -2.51. The van der Waals surface area contributed by atoms with Crippen LogP contribution in [0.5, 0.6) is 5.75 Å². The van der Waals surface area contributed by atoms with Crippen molar-refractivity contribution in [3.05, 3.63) is 23.5 Å². The molecule has 0 aromatic carbocycles. The van der Waals surface area contributed by atoms with E-state index < -0.39 is 17.9 Å². The second kappa shape index (κ2) is 3.25. The highest BCUT2D eigenvalue weighted by atomic mass is 19.3. The first-order valence-electron chi connectivity index (χ1n) is 3.08. The van der Waals surface area contributed by atoms with Crippen LogP contribution in [0.1, 0.15) is 22.6 Å². The summed E-state index contributed by atoms with van der Waals surface area (Å²) < 4.78 is 23.9. The summed E-state index contributed by atoms with van der Waals surface area (Å²) in [5.41, 5.74) is -0.886. The predicted molar refractivity (Wildman–Crippen MR) is 36.2 cm³/mol. The molecule has 0 spiro atoms. The van der Waals surface area contributed by atoms with Gasteiger partial charge in [0.1, 0.15) is 17.1 Å². The number of aromatic nitrogens is 1. The highest BCUT2D eigenvalue weighted by Crippen LogP contribution is 2.20. The number of nitrogens with zero attached hydrogens (tertiary/aromatic N) is 1. The summed E-state index contributed by atoms with van der Waals surface area (Å²) in [5.74, 6) is -0.394. The molecule has 1 aromatic heterocycles. The van der Waals surface area contributed by atoms with Crippen molar-refractivity contribution in [2.24, 2.45) is 0 Å². The van der Waals surface area contributed by atoms with E-state index in [1.54, 1.807) is 0 Å². The Hall–Kier alpha value is -1.52. The zero-order chi connectivity index (χ0) is 9.14. The van der Waals surface area contributed by atoms with Crippen LogP contribution in [0.15, 0.2) is 12.1 Å². The van der Waals surface area contributed by atoms with E-state index in [4.69, 9.17) is 5.11 Å². The number of halogens is 2. The summed E-state index contributed by atoms with van der Waals surface area (Å²) in [4.78, 5) is 13.4. The predicted octanol–water partition coefficient (Wildman–Crippen LogP) is 1.54. The van der Waals surface area contributed by atoms with E-state index >= 15 is 0 Å². The standard InChI is InChI=1S/C7H5F2NO2/c8-7(9)4-1-2-6(12)5(3-11)10-4/h1-3,7,12H. The maximum atomic E-state index is 12.0. The third-order valence-corrected chi connectivity index (χ3v) is 1.26. The normalized spacial score (nSPS) is 10.2. The fourth-order valence-electron chi connectivity index (χ4n) is 0.692. The lowest BCUT2D eigenvalue weighted by Gasteiger charge is -2.00. The topological polar surface area (TPSA) is 50.2 Å². The van der Waals surface area contributed by atoms with Gasteiger partial charge in [-0.3, -0.25) is 4.79 Å². The Morgan fingerprint density at radius 2 is 2.17 bits per heavy atom. The number of rotatable bonds is 2. The number of hydrogen-bond acceptors (Lipinski definition) is 3. The molecule has 1 rings (SSSR count). The molecule has 0 saturated heterocycles. The second-order valence-electron chi connectivity index (χ2n) is 2.06. The van der Waals surface area contributed by atoms with Crippen molar-refractivity contribution in [2.75, 3.05) is 0 Å². The highest BCUT2D eigenvalue weighted by molar-refractivity contribution is 5.75. The van der Waals surface area contributed by atoms with E-state index in [1.165, 1.54) is 0 Å². The number of aldehydes is 1. The first-order valence-corrected chi connectivity index (χ1v) is 3.08. The van der Waals surface area contributed by atoms with E-state index in [2.05, 4.69) is 4.98 Å². The third-order valence-electron chi connectivity index (χ3n) is 1.26. The fourth-order valence-corrected chi connectivity index (χ4v) is 0.692. The van der Waals surface area contributed by atoms with Gasteiger partial charge in [-0.25, -0.2) is 13.8 Å². The van der Waals surface area contributed by atoms with Crippen LogP contribution in [0.3, 0.4) is 0 Å². The van der Waals surface area contributed by atoms with E-state index in [0.717, 1.165) is 12.1 Å². The van der Waals surface area contributed by atoms with E-state index in [9.17, 15) is 13.6 Å². The average molecular weight is 173 g/mol. The smallest absolute Gasteiger partial charge is 0.280 e. The van der Waals surface area contributed by atoms with Crippen LogP contribution in [0, 0.1) is 0 Å². The zero-order valence-corrected chi connectivity index (χ0v) is 5.87. The molecule has 0 bridgehead atoms. The molecule has 0 atom stereocenters. The minimum absolute atomic E-state index is 0.223. The van der Waals surface area contributed by atoms with Crippen LogP contribution in [-0.4, -0.2) is 16.4 Å². The first kappa shape index (κ1) is 8.58. The molecule has 64 valence electrons. The van der Waals surface area contributed by atoms with Crippen molar-refractivity contribution in [3.8, 4) is 5.75 Å². The zero-order valence-electron chi connectivity index (χ0n) is 5.87. The van der Waals surface area contributed by atoms with Gasteiger partial charge >= 0.3 is 0 Å². The van der Waals surface area contributed by atoms with Crippen molar-refractivity contribution in [3.63, 3.8) is 0 Å². The molecule has 0 radical (unpaired) electrons. The van der Waals surface area contributed by atoms with Crippen LogP contribution < -0.4 is 0 Å². The van der Waals surface area contributed by atoms with Crippen LogP contribution >= 0.6 is 0 Å². The molecular formula is C7H5F2NO2. The molecule has 0 saturated carbocycles. The highest BCUT2D eigenvalue weighted by Gasteiger charge is 2.11. The van der Waals surface area contributed by atoms with Gasteiger partial charge in [-0.1, -0.05) is 0 Å². The average Bonchev–Trinajstić information content (AvgIpc) is 2.05. The number of hydrogen-bond donors (Lipinski definition) is 1. The molecule has 0 fully saturated rings. The summed E-state index contributed by atoms with van der Waals surface area (Å²) in [6.45, 7) is 0. The van der Waals surface area contributed by atoms with Crippen molar-refractivity contribution in [2.45, 2.75) is 6.43 Å². The maximum absolute atomic E-state index is 12.0. The summed E-state index contributed by atoms with van der Waals surface area (Å²) >= 11 is 0. The lowest BCUT2D eigenvalue weighted by atomic mass is 10.3. The molecule has 0 aliphatic heterocycles. The lowest BCUT2D eigenvalue weighted by molar-refractivity contribution is 0.111. The molecule has 12 heavy (non-hydrogen) atoms. The number of aromatic hydroxyl groups is 1. The Kier molecular flexibility index (Phi) is 2.32. The number of carbonyl (C=O) groups excluding carboxylic acids is 1. The molecule has 3 nitrogen and oxygen atoms in total. The number of carbonyl (C=O) groups is 1. The second-order valence-corrected chi connectivity index (χ2v) is 2.06. The van der Waals surface area contributed by atoms with Gasteiger partial charge in [0.15, 0.2) is 6.29 Å². The SMILES string of the molecule is O=Cc1nc(C(F)F)ccc1O. The minimum atomic E-state index is -2.73. The molecule has 0 aliphatic carbocycles. The van der Waals surface area contributed by atoms with E-state index in [1.807, 2.05) is 0 Å². The van der Waals surface area contributed by atoms with Crippen molar-refractivity contribution >= 4 is 6.29 Å². The Morgan fingerprint density at radius 1 is 1.50 bits per heavy atom. The van der Waals surface area contributed by atoms with Gasteiger partial charge in [0.25, 0.3) is 6.43 Å². The van der Waals surface area contributed by atoms with Gasteiger partial charge < -0.3 is 5.11 Å². The van der Waals surface area contributed by atoms with Gasteiger partial charge in [-0.05, 0) is 12.1 Å². The van der Waals surface area contributed by atoms with Crippen LogP contribution in [0.4, 0.5) is 8.78 Å². The van der Waals surface area contributed by atoms with E-state index in [-0.39, 0.29) is 12.0 Å². The minimum Gasteiger partial charge on any atom is -0.506 e. The number of alkyl halides is 2. The summed E-state index contributed by atoms with van der Waals surface area (Å²) in [6, 6.07) is 1.98. The number of pyridine rings is 1. The molecule has 0 amide bonds. The van der Waals surface area contributed by atoms with Gasteiger partial charge in [-0.15, -0.1) is 0 Å². The van der Waals surface area contributed by atoms with Gasteiger partial charge in [0.2, 0.25) is 0 Å². The molecule has 1 N–H and O–H groups in total. The monoisotopic (exact) mass is 173 g/mol. The van der Waals surface area contributed by atoms with Gasteiger partial charge in [0.05, 0.1) is 0 Å². The van der Waals surface area contributed by atoms with E-state index in [0.29, 0.717) is 0 Å². The lowest BCUT2D eigenvalue weighted by Crippen LogP contribution is -1.94.